The SMILES string of the molecule is CC(C)Cc1ccc(C(=O)NC2CCN(c3nccn3C)CC2)s1. The zero-order valence-corrected chi connectivity index (χ0v) is 15.5. The normalized spacial score (nSPS) is 15.9. The molecule has 6 heteroatoms. The third-order valence-electron chi connectivity index (χ3n) is 4.40. The van der Waals surface area contributed by atoms with Crippen molar-refractivity contribution in [3.63, 3.8) is 0 Å². The highest BCUT2D eigenvalue weighted by atomic mass is 32.1. The summed E-state index contributed by atoms with van der Waals surface area (Å²) in [5, 5.41) is 3.20. The molecular weight excluding hydrogens is 320 g/mol. The van der Waals surface area contributed by atoms with Crippen LogP contribution in [0.1, 0.15) is 41.2 Å². The minimum Gasteiger partial charge on any atom is -0.348 e. The van der Waals surface area contributed by atoms with Gasteiger partial charge in [0.2, 0.25) is 5.95 Å². The fourth-order valence-electron chi connectivity index (χ4n) is 3.15. The molecule has 1 fully saturated rings. The molecule has 130 valence electrons. The van der Waals surface area contributed by atoms with Gasteiger partial charge in [0.1, 0.15) is 0 Å². The van der Waals surface area contributed by atoms with Crippen molar-refractivity contribution in [3.8, 4) is 0 Å². The number of nitrogens with zero attached hydrogens (tertiary/aromatic N) is 3. The maximum atomic E-state index is 12.4. The lowest BCUT2D eigenvalue weighted by atomic mass is 10.1. The number of carbonyl (C=O) groups excluding carboxylic acids is 1. The molecule has 1 N–H and O–H groups in total. The number of hydrogen-bond donors (Lipinski definition) is 1. The fourth-order valence-corrected chi connectivity index (χ4v) is 4.28. The zero-order valence-electron chi connectivity index (χ0n) is 14.7. The van der Waals surface area contributed by atoms with Gasteiger partial charge in [0.15, 0.2) is 0 Å². The number of carbonyl (C=O) groups is 1. The first-order valence-corrected chi connectivity index (χ1v) is 9.46. The summed E-state index contributed by atoms with van der Waals surface area (Å²) in [5.41, 5.74) is 0. The van der Waals surface area contributed by atoms with Crippen LogP contribution in [0.25, 0.3) is 0 Å². The van der Waals surface area contributed by atoms with Crippen LogP contribution in [0.4, 0.5) is 5.95 Å². The summed E-state index contributed by atoms with van der Waals surface area (Å²) in [4.78, 5) is 21.3. The highest BCUT2D eigenvalue weighted by Crippen LogP contribution is 2.21. The lowest BCUT2D eigenvalue weighted by molar-refractivity contribution is 0.0935. The van der Waals surface area contributed by atoms with Gasteiger partial charge in [-0.2, -0.15) is 0 Å². The molecule has 0 unspecified atom stereocenters. The van der Waals surface area contributed by atoms with E-state index in [-0.39, 0.29) is 11.9 Å². The second kappa shape index (κ2) is 7.38. The van der Waals surface area contributed by atoms with E-state index in [4.69, 9.17) is 0 Å². The number of amides is 1. The lowest BCUT2D eigenvalue weighted by Gasteiger charge is -2.32. The van der Waals surface area contributed by atoms with Gasteiger partial charge in [-0.25, -0.2) is 4.98 Å². The van der Waals surface area contributed by atoms with Crippen molar-refractivity contribution in [2.24, 2.45) is 13.0 Å². The minimum atomic E-state index is 0.0745. The fraction of sp³-hybridized carbons (Fsp3) is 0.556. The molecule has 0 aromatic carbocycles. The number of aromatic nitrogens is 2. The van der Waals surface area contributed by atoms with Crippen molar-refractivity contribution in [2.75, 3.05) is 18.0 Å². The molecule has 1 amide bonds. The van der Waals surface area contributed by atoms with Crippen molar-refractivity contribution < 1.29 is 4.79 Å². The Morgan fingerprint density at radius 1 is 1.38 bits per heavy atom. The molecule has 3 rings (SSSR count). The van der Waals surface area contributed by atoms with Gasteiger partial charge in [0.05, 0.1) is 4.88 Å². The molecule has 1 aliphatic heterocycles. The summed E-state index contributed by atoms with van der Waals surface area (Å²) in [5.74, 6) is 1.71. The second-order valence-electron chi connectivity index (χ2n) is 6.94. The zero-order chi connectivity index (χ0) is 17.1. The average molecular weight is 347 g/mol. The first-order chi connectivity index (χ1) is 11.5. The van der Waals surface area contributed by atoms with Crippen LogP contribution in [-0.2, 0) is 13.5 Å². The summed E-state index contributed by atoms with van der Waals surface area (Å²) in [6, 6.07) is 4.30. The summed E-state index contributed by atoms with van der Waals surface area (Å²) in [6.45, 7) is 6.27. The van der Waals surface area contributed by atoms with Crippen LogP contribution in [-0.4, -0.2) is 34.6 Å². The highest BCUT2D eigenvalue weighted by molar-refractivity contribution is 7.14. The molecule has 24 heavy (non-hydrogen) atoms. The number of rotatable bonds is 5. The van der Waals surface area contributed by atoms with Gasteiger partial charge in [0.25, 0.3) is 5.91 Å². The Balaban J connectivity index is 1.51. The summed E-state index contributed by atoms with van der Waals surface area (Å²) < 4.78 is 2.04. The molecule has 0 radical (unpaired) electrons. The number of hydrogen-bond acceptors (Lipinski definition) is 4. The monoisotopic (exact) mass is 346 g/mol. The highest BCUT2D eigenvalue weighted by Gasteiger charge is 2.23. The molecule has 2 aromatic rings. The molecule has 0 bridgehead atoms. The van der Waals surface area contributed by atoms with E-state index in [0.717, 1.165) is 43.2 Å². The van der Waals surface area contributed by atoms with E-state index in [1.165, 1.54) is 4.88 Å². The van der Waals surface area contributed by atoms with Gasteiger partial charge in [-0.1, -0.05) is 13.8 Å². The van der Waals surface area contributed by atoms with Gasteiger partial charge < -0.3 is 14.8 Å². The predicted octanol–water partition coefficient (Wildman–Crippen LogP) is 3.08. The number of anilines is 1. The van der Waals surface area contributed by atoms with E-state index in [1.807, 2.05) is 30.1 Å². The van der Waals surface area contributed by atoms with E-state index in [0.29, 0.717) is 5.92 Å². The van der Waals surface area contributed by atoms with Crippen LogP contribution in [0.15, 0.2) is 24.5 Å². The van der Waals surface area contributed by atoms with Crippen LogP contribution < -0.4 is 10.2 Å². The number of aryl methyl sites for hydroxylation is 1. The topological polar surface area (TPSA) is 50.2 Å². The van der Waals surface area contributed by atoms with Crippen LogP contribution >= 0.6 is 11.3 Å². The largest absolute Gasteiger partial charge is 0.348 e. The molecule has 3 heterocycles. The van der Waals surface area contributed by atoms with Crippen molar-refractivity contribution in [1.82, 2.24) is 14.9 Å². The van der Waals surface area contributed by atoms with Crippen molar-refractivity contribution >= 4 is 23.2 Å². The number of thiophene rings is 1. The number of piperidine rings is 1. The predicted molar refractivity (Wildman–Crippen MR) is 98.8 cm³/mol. The van der Waals surface area contributed by atoms with Crippen LogP contribution in [0, 0.1) is 5.92 Å². The smallest absolute Gasteiger partial charge is 0.261 e. The Bertz CT molecular complexity index is 683. The third-order valence-corrected chi connectivity index (χ3v) is 5.51. The van der Waals surface area contributed by atoms with Gasteiger partial charge in [0, 0.05) is 43.4 Å². The van der Waals surface area contributed by atoms with Crippen LogP contribution in [0.2, 0.25) is 0 Å². The maximum absolute atomic E-state index is 12.4. The Kier molecular flexibility index (Phi) is 5.23. The van der Waals surface area contributed by atoms with E-state index >= 15 is 0 Å². The first-order valence-electron chi connectivity index (χ1n) is 8.64. The minimum absolute atomic E-state index is 0.0745. The molecule has 1 aliphatic rings. The molecule has 0 spiro atoms. The van der Waals surface area contributed by atoms with E-state index in [2.05, 4.69) is 35.1 Å². The van der Waals surface area contributed by atoms with Crippen LogP contribution in [0.3, 0.4) is 0 Å². The summed E-state index contributed by atoms with van der Waals surface area (Å²) in [6.07, 6.45) is 6.76. The van der Waals surface area contributed by atoms with E-state index in [1.54, 1.807) is 11.3 Å². The summed E-state index contributed by atoms with van der Waals surface area (Å²) in [7, 11) is 2.02. The second-order valence-corrected chi connectivity index (χ2v) is 8.11. The average Bonchev–Trinajstić information content (AvgIpc) is 3.17. The molecule has 0 atom stereocenters. The van der Waals surface area contributed by atoms with E-state index < -0.39 is 0 Å². The quantitative estimate of drug-likeness (QED) is 0.905. The number of nitrogens with one attached hydrogen (secondary N) is 1. The lowest BCUT2D eigenvalue weighted by Crippen LogP contribution is -2.45. The number of imidazole rings is 1. The van der Waals surface area contributed by atoms with Gasteiger partial charge in [-0.3, -0.25) is 4.79 Å². The van der Waals surface area contributed by atoms with Crippen molar-refractivity contribution in [2.45, 2.75) is 39.2 Å². The van der Waals surface area contributed by atoms with Crippen molar-refractivity contribution in [1.29, 1.82) is 0 Å². The Hall–Kier alpha value is -1.82. The third kappa shape index (κ3) is 3.98. The molecular formula is C18H26N4OS. The Labute approximate surface area is 147 Å². The summed E-state index contributed by atoms with van der Waals surface area (Å²) >= 11 is 1.62. The maximum Gasteiger partial charge on any atom is 0.261 e. The first kappa shape index (κ1) is 17.0. The van der Waals surface area contributed by atoms with Gasteiger partial charge in [-0.15, -0.1) is 11.3 Å². The van der Waals surface area contributed by atoms with Gasteiger partial charge in [-0.05, 0) is 37.3 Å². The standard InChI is InChI=1S/C18H26N4OS/c1-13(2)12-15-4-5-16(24-15)17(23)20-14-6-9-22(10-7-14)18-19-8-11-21(18)3/h4-5,8,11,13-14H,6-7,9-10,12H2,1-3H3,(H,20,23). The van der Waals surface area contributed by atoms with Crippen LogP contribution in [0.5, 0.6) is 0 Å². The Morgan fingerprint density at radius 3 is 2.75 bits per heavy atom. The molecule has 0 aliphatic carbocycles. The molecule has 1 saturated heterocycles. The van der Waals surface area contributed by atoms with Gasteiger partial charge >= 0.3 is 0 Å². The molecule has 0 saturated carbocycles. The molecule has 5 nitrogen and oxygen atoms in total. The van der Waals surface area contributed by atoms with Crippen molar-refractivity contribution in [3.05, 3.63) is 34.3 Å². The molecule has 2 aromatic heterocycles. The van der Waals surface area contributed by atoms with E-state index in [9.17, 15) is 4.79 Å². The Morgan fingerprint density at radius 2 is 2.12 bits per heavy atom.